The van der Waals surface area contributed by atoms with Gasteiger partial charge < -0.3 is 25.3 Å². The average molecular weight is 292 g/mol. The fourth-order valence-electron chi connectivity index (χ4n) is 1.54. The predicted octanol–water partition coefficient (Wildman–Crippen LogP) is -2.46. The maximum Gasteiger partial charge on any atom is 0.232 e. The molecule has 20 heavy (non-hydrogen) atoms. The summed E-state index contributed by atoms with van der Waals surface area (Å²) >= 11 is 0. The van der Waals surface area contributed by atoms with Crippen LogP contribution < -0.4 is 0 Å². The molecule has 0 rings (SSSR count). The summed E-state index contributed by atoms with van der Waals surface area (Å²) in [7, 11) is 1.32. The van der Waals surface area contributed by atoms with E-state index in [1.54, 1.807) is 0 Å². The molecule has 0 bridgehead atoms. The first-order chi connectivity index (χ1) is 9.13. The Morgan fingerprint density at radius 3 is 2.05 bits per heavy atom. The Morgan fingerprint density at radius 1 is 1.15 bits per heavy atom. The molecule has 0 aliphatic heterocycles. The number of likely N-dealkylation sites (N-methyl/N-ethyl adjacent to an activating group) is 1. The van der Waals surface area contributed by atoms with Crippen molar-refractivity contribution in [2.24, 2.45) is 5.92 Å². The number of aliphatic hydroxyl groups excluding tert-OH is 4. The topological polar surface area (TPSA) is 138 Å². The van der Waals surface area contributed by atoms with E-state index in [2.05, 4.69) is 0 Å². The molecule has 8 heteroatoms. The fraction of sp³-hybridized carbons (Fsp3) is 0.833. The number of amides is 1. The molecule has 0 aliphatic carbocycles. The highest BCUT2D eigenvalue weighted by atomic mass is 16.4. The number of ketones is 1. The minimum absolute atomic E-state index is 0.336. The van der Waals surface area contributed by atoms with Crippen molar-refractivity contribution in [3.8, 4) is 0 Å². The highest BCUT2D eigenvalue weighted by molar-refractivity contribution is 5.99. The smallest absolute Gasteiger partial charge is 0.232 e. The van der Waals surface area contributed by atoms with Gasteiger partial charge in [-0.25, -0.2) is 5.11 Å². The van der Waals surface area contributed by atoms with E-state index in [1.807, 2.05) is 0 Å². The lowest BCUT2D eigenvalue weighted by Gasteiger charge is -2.28. The van der Waals surface area contributed by atoms with Gasteiger partial charge in [0.15, 0.2) is 0 Å². The minimum Gasteiger partial charge on any atom is -0.393 e. The van der Waals surface area contributed by atoms with Gasteiger partial charge >= 0.3 is 0 Å². The second-order valence-electron chi connectivity index (χ2n) is 4.82. The van der Waals surface area contributed by atoms with Gasteiger partial charge in [-0.3, -0.25) is 9.59 Å². The van der Waals surface area contributed by atoms with E-state index in [4.69, 9.17) is 5.11 Å². The number of aliphatic hydroxyl groups is 4. The van der Waals surface area contributed by atoms with Crippen molar-refractivity contribution in [3.05, 3.63) is 0 Å². The number of Topliss-reactive ketones (excluding diaryl/α,β-unsaturated/α-hetero) is 1. The number of hydrogen-bond acceptors (Lipinski definition) is 6. The van der Waals surface area contributed by atoms with Gasteiger partial charge in [0.25, 0.3) is 0 Å². The van der Waals surface area contributed by atoms with Crippen LogP contribution in [0.2, 0.25) is 0 Å². The normalized spacial score (nSPS) is 18.8. The molecule has 4 N–H and O–H groups in total. The molecule has 0 saturated heterocycles. The Bertz CT molecular complexity index is 336. The standard InChI is InChI=1S/C12H22NO7/c1-6(7(2)15)12(20)13(3)4-8(16)10(18)11(19)9(17)5-14/h6,8-11,14,16,18-19H,4-5H2,1-3H3. The van der Waals surface area contributed by atoms with E-state index in [-0.39, 0.29) is 12.3 Å². The Hall–Kier alpha value is -1.06. The maximum atomic E-state index is 11.8. The summed E-state index contributed by atoms with van der Waals surface area (Å²) in [5.74, 6) is -1.75. The third-order valence-corrected chi connectivity index (χ3v) is 3.12. The zero-order chi connectivity index (χ0) is 16.0. The van der Waals surface area contributed by atoms with Gasteiger partial charge in [-0.15, -0.1) is 0 Å². The number of rotatable bonds is 8. The zero-order valence-electron chi connectivity index (χ0n) is 11.8. The molecule has 117 valence electrons. The molecule has 0 spiro atoms. The van der Waals surface area contributed by atoms with Crippen molar-refractivity contribution in [2.45, 2.75) is 38.3 Å². The van der Waals surface area contributed by atoms with Crippen LogP contribution in [0.5, 0.6) is 0 Å². The summed E-state index contributed by atoms with van der Waals surface area (Å²) < 4.78 is 0. The number of carbonyl (C=O) groups excluding carboxylic acids is 2. The summed E-state index contributed by atoms with van der Waals surface area (Å²) in [6.45, 7) is 1.43. The summed E-state index contributed by atoms with van der Waals surface area (Å²) in [4.78, 5) is 23.9. The van der Waals surface area contributed by atoms with Gasteiger partial charge in [-0.05, 0) is 13.8 Å². The lowest BCUT2D eigenvalue weighted by Crippen LogP contribution is -2.50. The van der Waals surface area contributed by atoms with Crippen molar-refractivity contribution in [3.63, 3.8) is 0 Å². The van der Waals surface area contributed by atoms with Gasteiger partial charge in [0.05, 0.1) is 12.5 Å². The highest BCUT2D eigenvalue weighted by Gasteiger charge is 2.33. The summed E-state index contributed by atoms with van der Waals surface area (Å²) in [6, 6.07) is 0. The Morgan fingerprint density at radius 2 is 1.65 bits per heavy atom. The molecule has 1 amide bonds. The Labute approximate surface area is 117 Å². The van der Waals surface area contributed by atoms with Crippen molar-refractivity contribution in [1.82, 2.24) is 4.90 Å². The molecule has 0 aromatic rings. The quantitative estimate of drug-likeness (QED) is 0.366. The van der Waals surface area contributed by atoms with E-state index in [9.17, 15) is 30.0 Å². The molecule has 5 atom stereocenters. The van der Waals surface area contributed by atoms with Crippen molar-refractivity contribution >= 4 is 11.7 Å². The lowest BCUT2D eigenvalue weighted by molar-refractivity contribution is -0.147. The first-order valence-electron chi connectivity index (χ1n) is 6.19. The number of nitrogens with zero attached hydrogens (tertiary/aromatic N) is 1. The van der Waals surface area contributed by atoms with Crippen LogP contribution >= 0.6 is 0 Å². The van der Waals surface area contributed by atoms with Crippen LogP contribution in [-0.4, -0.2) is 81.6 Å². The molecular weight excluding hydrogens is 270 g/mol. The van der Waals surface area contributed by atoms with Crippen LogP contribution in [-0.2, 0) is 14.7 Å². The average Bonchev–Trinajstić information content (AvgIpc) is 2.42. The molecule has 0 aliphatic rings. The Balaban J connectivity index is 4.55. The van der Waals surface area contributed by atoms with Gasteiger partial charge in [-0.2, -0.15) is 0 Å². The molecule has 5 unspecified atom stereocenters. The highest BCUT2D eigenvalue weighted by Crippen LogP contribution is 2.09. The van der Waals surface area contributed by atoms with Crippen LogP contribution in [0.25, 0.3) is 0 Å². The molecule has 0 aromatic carbocycles. The van der Waals surface area contributed by atoms with E-state index < -0.39 is 42.8 Å². The molecular formula is C12H22NO7. The van der Waals surface area contributed by atoms with Gasteiger partial charge in [0, 0.05) is 13.6 Å². The number of hydrogen-bond donors (Lipinski definition) is 4. The second-order valence-corrected chi connectivity index (χ2v) is 4.82. The molecule has 0 aromatic heterocycles. The molecule has 8 nitrogen and oxygen atoms in total. The monoisotopic (exact) mass is 292 g/mol. The van der Waals surface area contributed by atoms with E-state index in [0.717, 1.165) is 4.90 Å². The second kappa shape index (κ2) is 8.28. The van der Waals surface area contributed by atoms with Crippen LogP contribution in [0.1, 0.15) is 13.8 Å². The van der Waals surface area contributed by atoms with Gasteiger partial charge in [0.1, 0.15) is 30.2 Å². The predicted molar refractivity (Wildman–Crippen MR) is 67.1 cm³/mol. The van der Waals surface area contributed by atoms with Gasteiger partial charge in [-0.1, -0.05) is 0 Å². The van der Waals surface area contributed by atoms with E-state index >= 15 is 0 Å². The first kappa shape index (κ1) is 18.9. The molecule has 0 saturated carbocycles. The third kappa shape index (κ3) is 5.14. The van der Waals surface area contributed by atoms with Crippen molar-refractivity contribution in [1.29, 1.82) is 0 Å². The van der Waals surface area contributed by atoms with Crippen LogP contribution in [0, 0.1) is 5.92 Å². The third-order valence-electron chi connectivity index (χ3n) is 3.12. The van der Waals surface area contributed by atoms with Crippen LogP contribution in [0.3, 0.4) is 0 Å². The lowest BCUT2D eigenvalue weighted by atomic mass is 10.0. The molecule has 0 heterocycles. The summed E-state index contributed by atoms with van der Waals surface area (Å²) in [6.07, 6.45) is -7.07. The Kier molecular flexibility index (Phi) is 7.84. The molecule has 0 fully saturated rings. The van der Waals surface area contributed by atoms with Crippen LogP contribution in [0.4, 0.5) is 0 Å². The summed E-state index contributed by atoms with van der Waals surface area (Å²) in [5.41, 5.74) is 0. The maximum absolute atomic E-state index is 11.8. The largest absolute Gasteiger partial charge is 0.393 e. The van der Waals surface area contributed by atoms with E-state index in [1.165, 1.54) is 20.9 Å². The van der Waals surface area contributed by atoms with Crippen LogP contribution in [0.15, 0.2) is 0 Å². The fourth-order valence-corrected chi connectivity index (χ4v) is 1.54. The first-order valence-corrected chi connectivity index (χ1v) is 6.19. The number of carbonyl (C=O) groups is 2. The SMILES string of the molecule is CC(=O)C(C)C(=O)N(C)CC(O)C(O)C(O)C([O])CO. The van der Waals surface area contributed by atoms with Crippen molar-refractivity contribution < 1.29 is 35.1 Å². The van der Waals surface area contributed by atoms with Crippen molar-refractivity contribution in [2.75, 3.05) is 20.2 Å². The zero-order valence-corrected chi connectivity index (χ0v) is 11.8. The van der Waals surface area contributed by atoms with E-state index in [0.29, 0.717) is 0 Å². The van der Waals surface area contributed by atoms with Gasteiger partial charge in [0.2, 0.25) is 5.91 Å². The minimum atomic E-state index is -1.86. The molecule has 1 radical (unpaired) electrons. The summed E-state index contributed by atoms with van der Waals surface area (Å²) in [5, 5.41) is 48.2.